The van der Waals surface area contributed by atoms with E-state index in [0.717, 1.165) is 28.5 Å². The Labute approximate surface area is 163 Å². The van der Waals surface area contributed by atoms with Crippen LogP contribution in [0.4, 0.5) is 4.79 Å². The summed E-state index contributed by atoms with van der Waals surface area (Å²) in [6.07, 6.45) is 0.190. The molecule has 2 N–H and O–H groups in total. The Bertz CT molecular complexity index is 997. The quantitative estimate of drug-likeness (QED) is 0.732. The van der Waals surface area contributed by atoms with Crippen LogP contribution in [0.3, 0.4) is 0 Å². The summed E-state index contributed by atoms with van der Waals surface area (Å²) < 4.78 is 5.21. The van der Waals surface area contributed by atoms with Gasteiger partial charge in [0.15, 0.2) is 0 Å². The predicted molar refractivity (Wildman–Crippen MR) is 107 cm³/mol. The number of alkyl carbamates (subject to hydrolysis) is 1. The van der Waals surface area contributed by atoms with Crippen LogP contribution in [0.2, 0.25) is 0 Å². The lowest BCUT2D eigenvalue weighted by atomic mass is 10.0. The number of ether oxygens (including phenoxy) is 1. The molecule has 28 heavy (non-hydrogen) atoms. The number of carbonyl (C=O) groups is 2. The number of aromatic nitrogens is 1. The van der Waals surface area contributed by atoms with E-state index in [4.69, 9.17) is 4.74 Å². The largest absolute Gasteiger partial charge is 0.445 e. The molecule has 4 rings (SSSR count). The zero-order chi connectivity index (χ0) is 19.5. The highest BCUT2D eigenvalue weighted by Gasteiger charge is 2.27. The minimum Gasteiger partial charge on any atom is -0.445 e. The molecule has 1 aliphatic rings. The Balaban J connectivity index is 1.35. The number of para-hydroxylation sites is 1. The van der Waals surface area contributed by atoms with E-state index in [1.165, 1.54) is 5.69 Å². The number of hydrogen-bond donors (Lipinski definition) is 2. The van der Waals surface area contributed by atoms with E-state index in [1.54, 1.807) is 11.8 Å². The molecule has 0 fully saturated rings. The van der Waals surface area contributed by atoms with Gasteiger partial charge in [0.25, 0.3) is 0 Å². The van der Waals surface area contributed by atoms with Gasteiger partial charge in [-0.2, -0.15) is 0 Å². The maximum atomic E-state index is 12.8. The minimum absolute atomic E-state index is 0.104. The van der Waals surface area contributed by atoms with Gasteiger partial charge < -0.3 is 19.9 Å². The number of hydrogen-bond acceptors (Lipinski definition) is 3. The molecular formula is C22H23N3O3. The molecule has 2 heterocycles. The van der Waals surface area contributed by atoms with Crippen molar-refractivity contribution >= 4 is 22.9 Å². The lowest BCUT2D eigenvalue weighted by Crippen LogP contribution is -2.48. The highest BCUT2D eigenvalue weighted by Crippen LogP contribution is 2.27. The summed E-state index contributed by atoms with van der Waals surface area (Å²) in [5, 5.41) is 3.79. The third kappa shape index (κ3) is 3.71. The van der Waals surface area contributed by atoms with Crippen molar-refractivity contribution in [1.82, 2.24) is 15.2 Å². The molecule has 2 aromatic carbocycles. The highest BCUT2D eigenvalue weighted by molar-refractivity contribution is 5.88. The first kappa shape index (κ1) is 18.1. The standard InChI is InChI=1S/C22H23N3O3/c1-15(23-22(27)28-14-16-7-3-2-4-8-16)21(26)25-12-11-20-18(13-25)17-9-5-6-10-19(17)24-20/h2-10,15,24H,11-14H2,1H3,(H,23,27)/t15-/m1/s1. The number of nitrogens with zero attached hydrogens (tertiary/aromatic N) is 1. The van der Waals surface area contributed by atoms with Gasteiger partial charge in [-0.25, -0.2) is 4.79 Å². The Kier molecular flexibility index (Phi) is 5.02. The fourth-order valence-corrected chi connectivity index (χ4v) is 3.63. The van der Waals surface area contributed by atoms with Crippen LogP contribution in [0.15, 0.2) is 54.6 Å². The molecule has 0 spiro atoms. The van der Waals surface area contributed by atoms with Crippen LogP contribution >= 0.6 is 0 Å². The summed E-state index contributed by atoms with van der Waals surface area (Å²) in [6, 6.07) is 16.9. The van der Waals surface area contributed by atoms with Crippen molar-refractivity contribution in [1.29, 1.82) is 0 Å². The molecule has 0 radical (unpaired) electrons. The Morgan fingerprint density at radius 2 is 1.89 bits per heavy atom. The van der Waals surface area contributed by atoms with Gasteiger partial charge in [0.1, 0.15) is 12.6 Å². The number of benzene rings is 2. The van der Waals surface area contributed by atoms with E-state index < -0.39 is 12.1 Å². The van der Waals surface area contributed by atoms with Gasteiger partial charge in [-0.1, -0.05) is 48.5 Å². The summed E-state index contributed by atoms with van der Waals surface area (Å²) >= 11 is 0. The molecule has 2 amide bonds. The Morgan fingerprint density at radius 1 is 1.14 bits per heavy atom. The number of amides is 2. The minimum atomic E-state index is -0.643. The average Bonchev–Trinajstić information content (AvgIpc) is 3.10. The van der Waals surface area contributed by atoms with Crippen molar-refractivity contribution in [2.75, 3.05) is 6.54 Å². The van der Waals surface area contributed by atoms with E-state index in [9.17, 15) is 9.59 Å². The fraction of sp³-hybridized carbons (Fsp3) is 0.273. The van der Waals surface area contributed by atoms with Crippen molar-refractivity contribution in [3.63, 3.8) is 0 Å². The molecule has 1 aliphatic heterocycles. The second-order valence-electron chi connectivity index (χ2n) is 7.07. The SMILES string of the molecule is C[C@@H](NC(=O)OCc1ccccc1)C(=O)N1CCc2[nH]c3ccccc3c2C1. The van der Waals surface area contributed by atoms with Gasteiger partial charge in [-0.05, 0) is 18.6 Å². The van der Waals surface area contributed by atoms with E-state index >= 15 is 0 Å². The number of fused-ring (bicyclic) bond motifs is 3. The predicted octanol–water partition coefficient (Wildman–Crippen LogP) is 3.37. The second kappa shape index (κ2) is 7.76. The highest BCUT2D eigenvalue weighted by atomic mass is 16.5. The summed E-state index contributed by atoms with van der Waals surface area (Å²) in [7, 11) is 0. The fourth-order valence-electron chi connectivity index (χ4n) is 3.63. The summed E-state index contributed by atoms with van der Waals surface area (Å²) in [5.41, 5.74) is 4.35. The molecule has 6 nitrogen and oxygen atoms in total. The number of nitrogens with one attached hydrogen (secondary N) is 2. The molecule has 144 valence electrons. The van der Waals surface area contributed by atoms with E-state index in [-0.39, 0.29) is 12.5 Å². The van der Waals surface area contributed by atoms with Crippen LogP contribution in [0.25, 0.3) is 10.9 Å². The summed E-state index contributed by atoms with van der Waals surface area (Å²) in [5.74, 6) is -0.104. The topological polar surface area (TPSA) is 74.4 Å². The lowest BCUT2D eigenvalue weighted by molar-refractivity contribution is -0.133. The molecule has 1 aromatic heterocycles. The van der Waals surface area contributed by atoms with Crippen molar-refractivity contribution in [2.24, 2.45) is 0 Å². The van der Waals surface area contributed by atoms with Gasteiger partial charge in [0.05, 0.1) is 0 Å². The third-order valence-corrected chi connectivity index (χ3v) is 5.11. The smallest absolute Gasteiger partial charge is 0.408 e. The van der Waals surface area contributed by atoms with Crippen LogP contribution in [0.5, 0.6) is 0 Å². The number of rotatable bonds is 4. The maximum absolute atomic E-state index is 12.8. The van der Waals surface area contributed by atoms with Gasteiger partial charge in [0, 0.05) is 41.7 Å². The van der Waals surface area contributed by atoms with Gasteiger partial charge in [-0.3, -0.25) is 4.79 Å². The number of aromatic amines is 1. The molecule has 3 aromatic rings. The maximum Gasteiger partial charge on any atom is 0.408 e. The Morgan fingerprint density at radius 3 is 2.71 bits per heavy atom. The van der Waals surface area contributed by atoms with Crippen LogP contribution in [0, 0.1) is 0 Å². The molecule has 0 aliphatic carbocycles. The molecule has 0 saturated heterocycles. The van der Waals surface area contributed by atoms with Crippen molar-refractivity contribution in [2.45, 2.75) is 32.5 Å². The average molecular weight is 377 g/mol. The molecule has 0 unspecified atom stereocenters. The summed E-state index contributed by atoms with van der Waals surface area (Å²) in [6.45, 7) is 3.04. The lowest BCUT2D eigenvalue weighted by Gasteiger charge is -2.29. The summed E-state index contributed by atoms with van der Waals surface area (Å²) in [4.78, 5) is 30.1. The van der Waals surface area contributed by atoms with Gasteiger partial charge in [-0.15, -0.1) is 0 Å². The zero-order valence-corrected chi connectivity index (χ0v) is 15.8. The first-order valence-corrected chi connectivity index (χ1v) is 9.46. The molecule has 0 bridgehead atoms. The normalized spacial score (nSPS) is 14.4. The van der Waals surface area contributed by atoms with Crippen LogP contribution < -0.4 is 5.32 Å². The second-order valence-corrected chi connectivity index (χ2v) is 7.07. The molecule has 1 atom stereocenters. The van der Waals surface area contributed by atoms with Gasteiger partial charge >= 0.3 is 6.09 Å². The first-order valence-electron chi connectivity index (χ1n) is 9.46. The Hall–Kier alpha value is -3.28. The van der Waals surface area contributed by atoms with Gasteiger partial charge in [0.2, 0.25) is 5.91 Å². The number of carbonyl (C=O) groups excluding carboxylic acids is 2. The molecular weight excluding hydrogens is 354 g/mol. The molecule has 0 saturated carbocycles. The van der Waals surface area contributed by atoms with Crippen molar-refractivity contribution in [3.8, 4) is 0 Å². The first-order chi connectivity index (χ1) is 13.6. The monoisotopic (exact) mass is 377 g/mol. The third-order valence-electron chi connectivity index (χ3n) is 5.11. The number of H-pyrrole nitrogens is 1. The van der Waals surface area contributed by atoms with Crippen molar-refractivity contribution in [3.05, 3.63) is 71.4 Å². The molecule has 6 heteroatoms. The van der Waals surface area contributed by atoms with E-state index in [2.05, 4.69) is 16.4 Å². The van der Waals surface area contributed by atoms with E-state index in [0.29, 0.717) is 13.1 Å². The van der Waals surface area contributed by atoms with E-state index in [1.807, 2.05) is 48.5 Å². The van der Waals surface area contributed by atoms with Crippen LogP contribution in [-0.2, 0) is 29.1 Å². The zero-order valence-electron chi connectivity index (χ0n) is 15.8. The van der Waals surface area contributed by atoms with Crippen LogP contribution in [-0.4, -0.2) is 34.5 Å². The van der Waals surface area contributed by atoms with Crippen molar-refractivity contribution < 1.29 is 14.3 Å². The van der Waals surface area contributed by atoms with Crippen LogP contribution in [0.1, 0.15) is 23.7 Å².